The summed E-state index contributed by atoms with van der Waals surface area (Å²) in [6, 6.07) is -1.55. The number of nitrogens with one attached hydrogen (secondary N) is 2. The van der Waals surface area contributed by atoms with Crippen molar-refractivity contribution in [1.82, 2.24) is 10.6 Å². The van der Waals surface area contributed by atoms with E-state index in [1.807, 2.05) is 41.5 Å². The minimum atomic E-state index is -1.02. The quantitative estimate of drug-likeness (QED) is 0.331. The molecular weight excluding hydrogens is 370 g/mol. The van der Waals surface area contributed by atoms with E-state index in [0.717, 1.165) is 6.42 Å². The van der Waals surface area contributed by atoms with Crippen LogP contribution in [-0.4, -0.2) is 52.9 Å². The third-order valence-electron chi connectivity index (χ3n) is 4.81. The number of hydrogen-bond donors (Lipinski definition) is 5. The predicted octanol–water partition coefficient (Wildman–Crippen LogP) is 1.20. The maximum absolute atomic E-state index is 12.2. The van der Waals surface area contributed by atoms with Crippen molar-refractivity contribution >= 4 is 24.2 Å². The molecule has 0 rings (SSSR count). The number of aliphatic hydroxyl groups excluding tert-OH is 2. The van der Waals surface area contributed by atoms with E-state index in [0.29, 0.717) is 6.42 Å². The molecule has 0 aromatic carbocycles. The number of nitrogens with two attached hydrogens (primary N) is 1. The summed E-state index contributed by atoms with van der Waals surface area (Å²) in [6.45, 7) is 11.5. The molecule has 7 nitrogen and oxygen atoms in total. The lowest BCUT2D eigenvalue weighted by Gasteiger charge is -2.28. The van der Waals surface area contributed by atoms with Crippen LogP contribution in [0.2, 0.25) is 0 Å². The lowest BCUT2D eigenvalue weighted by Crippen LogP contribution is -2.53. The Bertz CT molecular complexity index is 435. The van der Waals surface area contributed by atoms with Gasteiger partial charge in [0.15, 0.2) is 0 Å². The monoisotopic (exact) mass is 409 g/mol. The van der Waals surface area contributed by atoms with Gasteiger partial charge in [0.25, 0.3) is 0 Å². The molecule has 0 aliphatic carbocycles. The van der Waals surface area contributed by atoms with E-state index in [1.165, 1.54) is 0 Å². The van der Waals surface area contributed by atoms with Gasteiger partial charge >= 0.3 is 0 Å². The van der Waals surface area contributed by atoms with E-state index in [1.54, 1.807) is 0 Å². The summed E-state index contributed by atoms with van der Waals surface area (Å²) in [5, 5.41) is 25.5. The number of carbonyl (C=O) groups is 2. The van der Waals surface area contributed by atoms with Crippen molar-refractivity contribution in [2.45, 2.75) is 85.0 Å². The molecule has 27 heavy (non-hydrogen) atoms. The first-order valence-electron chi connectivity index (χ1n) is 9.67. The molecular formula is C19H40ClN3O4. The Labute approximate surface area is 170 Å². The second-order valence-corrected chi connectivity index (χ2v) is 8.03. The molecule has 8 heteroatoms. The van der Waals surface area contributed by atoms with Crippen molar-refractivity contribution in [2.24, 2.45) is 23.5 Å². The first kappa shape index (κ1) is 28.3. The zero-order chi connectivity index (χ0) is 20.4. The lowest BCUT2D eigenvalue weighted by molar-refractivity contribution is -0.128. The van der Waals surface area contributed by atoms with Crippen molar-refractivity contribution in [3.8, 4) is 0 Å². The highest BCUT2D eigenvalue weighted by molar-refractivity contribution is 5.85. The molecule has 0 aliphatic heterocycles. The molecule has 0 aromatic rings. The van der Waals surface area contributed by atoms with E-state index in [-0.39, 0.29) is 61.0 Å². The third kappa shape index (κ3) is 10.9. The molecule has 0 aromatic heterocycles. The molecule has 0 radical (unpaired) electrons. The van der Waals surface area contributed by atoms with E-state index in [9.17, 15) is 19.8 Å². The Kier molecular flexibility index (Phi) is 14.8. The average Bonchev–Trinajstić information content (AvgIpc) is 2.56. The largest absolute Gasteiger partial charge is 0.394 e. The van der Waals surface area contributed by atoms with Crippen LogP contribution in [-0.2, 0) is 9.59 Å². The Balaban J connectivity index is 0. The van der Waals surface area contributed by atoms with Crippen LogP contribution < -0.4 is 16.4 Å². The average molecular weight is 410 g/mol. The standard InChI is InChI=1S/C19H39N3O4.ClH/c1-7-13(6)15(10-23)21-17(25)9-16(24)14(8-11(2)3)22-19(26)18(20)12(4)5;/h11-16,18,23-24H,7-10,20H2,1-6H3,(H,21,25)(H,22,26);1H/t13-,14-,15+,16-,18-;/m0./s1. The normalized spacial score (nSPS) is 16.9. The van der Waals surface area contributed by atoms with Gasteiger partial charge in [-0.2, -0.15) is 0 Å². The molecule has 0 saturated carbocycles. The van der Waals surface area contributed by atoms with E-state index in [2.05, 4.69) is 10.6 Å². The van der Waals surface area contributed by atoms with Crippen LogP contribution in [0.3, 0.4) is 0 Å². The van der Waals surface area contributed by atoms with Crippen LogP contribution >= 0.6 is 12.4 Å². The molecule has 0 spiro atoms. The molecule has 0 unspecified atom stereocenters. The van der Waals surface area contributed by atoms with Gasteiger partial charge in [-0.15, -0.1) is 12.4 Å². The summed E-state index contributed by atoms with van der Waals surface area (Å²) in [6.07, 6.45) is 0.214. The van der Waals surface area contributed by atoms with Crippen LogP contribution in [0.4, 0.5) is 0 Å². The number of rotatable bonds is 12. The highest BCUT2D eigenvalue weighted by Crippen LogP contribution is 2.13. The smallest absolute Gasteiger partial charge is 0.237 e. The molecule has 0 fully saturated rings. The van der Waals surface area contributed by atoms with Gasteiger partial charge in [0, 0.05) is 0 Å². The summed E-state index contributed by atoms with van der Waals surface area (Å²) >= 11 is 0. The zero-order valence-electron chi connectivity index (χ0n) is 17.6. The van der Waals surface area contributed by atoms with Crippen LogP contribution in [0.15, 0.2) is 0 Å². The van der Waals surface area contributed by atoms with Crippen molar-refractivity contribution in [2.75, 3.05) is 6.61 Å². The van der Waals surface area contributed by atoms with Crippen LogP contribution in [0.5, 0.6) is 0 Å². The number of carbonyl (C=O) groups excluding carboxylic acids is 2. The second kappa shape index (κ2) is 14.2. The molecule has 0 aliphatic rings. The van der Waals surface area contributed by atoms with Crippen LogP contribution in [0.1, 0.15) is 60.8 Å². The zero-order valence-corrected chi connectivity index (χ0v) is 18.4. The first-order chi connectivity index (χ1) is 12.0. The highest BCUT2D eigenvalue weighted by Gasteiger charge is 2.28. The third-order valence-corrected chi connectivity index (χ3v) is 4.81. The predicted molar refractivity (Wildman–Crippen MR) is 111 cm³/mol. The topological polar surface area (TPSA) is 125 Å². The highest BCUT2D eigenvalue weighted by atomic mass is 35.5. The summed E-state index contributed by atoms with van der Waals surface area (Å²) in [4.78, 5) is 24.5. The fourth-order valence-corrected chi connectivity index (χ4v) is 2.65. The summed E-state index contributed by atoms with van der Waals surface area (Å²) in [5.41, 5.74) is 5.87. The maximum Gasteiger partial charge on any atom is 0.237 e. The molecule has 6 N–H and O–H groups in total. The number of halogens is 1. The van der Waals surface area contributed by atoms with Gasteiger partial charge < -0.3 is 26.6 Å². The number of amides is 2. The minimum absolute atomic E-state index is 0. The Morgan fingerprint density at radius 1 is 1.04 bits per heavy atom. The van der Waals surface area contributed by atoms with Gasteiger partial charge in [-0.05, 0) is 24.2 Å². The van der Waals surface area contributed by atoms with Gasteiger partial charge in [0.05, 0.1) is 37.3 Å². The molecule has 0 saturated heterocycles. The SMILES string of the molecule is CC[C@H](C)[C@@H](CO)NC(=O)C[C@H](O)[C@H](CC(C)C)NC(=O)[C@@H](N)C(C)C.Cl. The van der Waals surface area contributed by atoms with Crippen molar-refractivity contribution in [1.29, 1.82) is 0 Å². The van der Waals surface area contributed by atoms with Gasteiger partial charge in [0.1, 0.15) is 0 Å². The van der Waals surface area contributed by atoms with Gasteiger partial charge in [-0.1, -0.05) is 48.0 Å². The minimum Gasteiger partial charge on any atom is -0.394 e. The van der Waals surface area contributed by atoms with Crippen LogP contribution in [0, 0.1) is 17.8 Å². The van der Waals surface area contributed by atoms with Crippen molar-refractivity contribution in [3.63, 3.8) is 0 Å². The summed E-state index contributed by atoms with van der Waals surface area (Å²) in [7, 11) is 0. The fourth-order valence-electron chi connectivity index (χ4n) is 2.65. The summed E-state index contributed by atoms with van der Waals surface area (Å²) in [5.74, 6) is -0.308. The van der Waals surface area contributed by atoms with Gasteiger partial charge in [0.2, 0.25) is 11.8 Å². The second-order valence-electron chi connectivity index (χ2n) is 8.03. The molecule has 0 bridgehead atoms. The Hall–Kier alpha value is -0.890. The Morgan fingerprint density at radius 2 is 1.59 bits per heavy atom. The van der Waals surface area contributed by atoms with Gasteiger partial charge in [-0.25, -0.2) is 0 Å². The van der Waals surface area contributed by atoms with E-state index >= 15 is 0 Å². The summed E-state index contributed by atoms with van der Waals surface area (Å²) < 4.78 is 0. The van der Waals surface area contributed by atoms with E-state index in [4.69, 9.17) is 5.73 Å². The maximum atomic E-state index is 12.2. The lowest BCUT2D eigenvalue weighted by atomic mass is 9.95. The number of hydrogen-bond acceptors (Lipinski definition) is 5. The molecule has 0 heterocycles. The molecule has 5 atom stereocenters. The molecule has 2 amide bonds. The van der Waals surface area contributed by atoms with Crippen molar-refractivity contribution < 1.29 is 19.8 Å². The van der Waals surface area contributed by atoms with Gasteiger partial charge in [-0.3, -0.25) is 9.59 Å². The van der Waals surface area contributed by atoms with Crippen molar-refractivity contribution in [3.05, 3.63) is 0 Å². The Morgan fingerprint density at radius 3 is 2.00 bits per heavy atom. The fraction of sp³-hybridized carbons (Fsp3) is 0.895. The van der Waals surface area contributed by atoms with Crippen LogP contribution in [0.25, 0.3) is 0 Å². The number of aliphatic hydroxyl groups is 2. The molecule has 162 valence electrons. The van der Waals surface area contributed by atoms with E-state index < -0.39 is 18.2 Å². The first-order valence-corrected chi connectivity index (χ1v) is 9.67.